The van der Waals surface area contributed by atoms with Crippen LogP contribution in [-0.4, -0.2) is 59.8 Å². The van der Waals surface area contributed by atoms with Crippen LogP contribution < -0.4 is 0 Å². The standard InChI is InChI=1S/C12H20N4O2S/c17-19(18,12-8-13-10-14-12)16-7-4-11(9-16)15-5-2-1-3-6-15/h8,10-11H,1-7,9H2,(H,13,14). The van der Waals surface area contributed by atoms with Crippen LogP contribution in [0.25, 0.3) is 0 Å². The zero-order chi connectivity index (χ0) is 13.3. The van der Waals surface area contributed by atoms with Crippen molar-refractivity contribution in [3.63, 3.8) is 0 Å². The molecule has 1 atom stereocenters. The van der Waals surface area contributed by atoms with E-state index in [9.17, 15) is 8.42 Å². The van der Waals surface area contributed by atoms with E-state index in [1.54, 1.807) is 4.31 Å². The largest absolute Gasteiger partial charge is 0.335 e. The maximum atomic E-state index is 12.4. The summed E-state index contributed by atoms with van der Waals surface area (Å²) in [6.45, 7) is 3.45. The van der Waals surface area contributed by atoms with Crippen LogP contribution in [0.4, 0.5) is 0 Å². The summed E-state index contributed by atoms with van der Waals surface area (Å²) in [5, 5.41) is 0.201. The van der Waals surface area contributed by atoms with Crippen LogP contribution in [-0.2, 0) is 10.0 Å². The maximum absolute atomic E-state index is 12.4. The van der Waals surface area contributed by atoms with Gasteiger partial charge in [0, 0.05) is 19.1 Å². The van der Waals surface area contributed by atoms with Gasteiger partial charge in [-0.1, -0.05) is 6.42 Å². The smallest absolute Gasteiger partial charge is 0.260 e. The predicted octanol–water partition coefficient (Wildman–Crippen LogP) is 0.659. The lowest BCUT2D eigenvalue weighted by Crippen LogP contribution is -2.41. The molecule has 2 aliphatic heterocycles. The van der Waals surface area contributed by atoms with Gasteiger partial charge in [-0.3, -0.25) is 4.90 Å². The minimum absolute atomic E-state index is 0.201. The van der Waals surface area contributed by atoms with Gasteiger partial charge >= 0.3 is 0 Å². The quantitative estimate of drug-likeness (QED) is 0.885. The fraction of sp³-hybridized carbons (Fsp3) is 0.750. The van der Waals surface area contributed by atoms with Gasteiger partial charge in [-0.25, -0.2) is 13.4 Å². The van der Waals surface area contributed by atoms with E-state index in [4.69, 9.17) is 0 Å². The van der Waals surface area contributed by atoms with Crippen molar-refractivity contribution in [2.45, 2.75) is 36.8 Å². The van der Waals surface area contributed by atoms with Crippen molar-refractivity contribution in [3.05, 3.63) is 12.5 Å². The molecule has 3 heterocycles. The first kappa shape index (κ1) is 13.1. The Morgan fingerprint density at radius 1 is 1.21 bits per heavy atom. The average molecular weight is 284 g/mol. The molecule has 0 amide bonds. The van der Waals surface area contributed by atoms with Crippen molar-refractivity contribution in [2.75, 3.05) is 26.2 Å². The molecule has 0 aliphatic carbocycles. The van der Waals surface area contributed by atoms with Crippen LogP contribution >= 0.6 is 0 Å². The molecule has 1 unspecified atom stereocenters. The van der Waals surface area contributed by atoms with Crippen molar-refractivity contribution in [1.29, 1.82) is 0 Å². The third-order valence-corrected chi connectivity index (χ3v) is 5.91. The first-order chi connectivity index (χ1) is 9.18. The van der Waals surface area contributed by atoms with E-state index in [0.717, 1.165) is 19.5 Å². The van der Waals surface area contributed by atoms with Crippen LogP contribution in [0, 0.1) is 0 Å². The molecule has 3 rings (SSSR count). The maximum Gasteiger partial charge on any atom is 0.260 e. The number of hydrogen-bond acceptors (Lipinski definition) is 4. The topological polar surface area (TPSA) is 69.3 Å². The summed E-state index contributed by atoms with van der Waals surface area (Å²) in [6, 6.07) is 0.387. The van der Waals surface area contributed by atoms with Crippen molar-refractivity contribution < 1.29 is 8.42 Å². The predicted molar refractivity (Wildman–Crippen MR) is 71.2 cm³/mol. The Hall–Kier alpha value is -0.920. The molecule has 19 heavy (non-hydrogen) atoms. The number of aromatic amines is 1. The Bertz CT molecular complexity index is 508. The molecule has 7 heteroatoms. The molecule has 0 bridgehead atoms. The summed E-state index contributed by atoms with van der Waals surface area (Å²) in [5.74, 6) is 0. The number of aromatic nitrogens is 2. The molecular weight excluding hydrogens is 264 g/mol. The zero-order valence-electron chi connectivity index (χ0n) is 11.0. The van der Waals surface area contributed by atoms with Crippen LogP contribution in [0.5, 0.6) is 0 Å². The minimum atomic E-state index is -3.38. The van der Waals surface area contributed by atoms with Gasteiger partial charge in [0.25, 0.3) is 10.0 Å². The molecule has 2 aliphatic rings. The van der Waals surface area contributed by atoms with Crippen LogP contribution in [0.1, 0.15) is 25.7 Å². The number of imidazole rings is 1. The van der Waals surface area contributed by atoms with Crippen LogP contribution in [0.15, 0.2) is 17.6 Å². The minimum Gasteiger partial charge on any atom is -0.335 e. The van der Waals surface area contributed by atoms with Gasteiger partial charge in [0.15, 0.2) is 5.03 Å². The first-order valence-corrected chi connectivity index (χ1v) is 8.34. The summed E-state index contributed by atoms with van der Waals surface area (Å²) in [4.78, 5) is 8.94. The van der Waals surface area contributed by atoms with E-state index < -0.39 is 10.0 Å². The Balaban J connectivity index is 1.68. The second-order valence-corrected chi connectivity index (χ2v) is 7.22. The average Bonchev–Trinajstić information content (AvgIpc) is 3.12. The Morgan fingerprint density at radius 2 is 2.00 bits per heavy atom. The number of rotatable bonds is 3. The van der Waals surface area contributed by atoms with Crippen LogP contribution in [0.3, 0.4) is 0 Å². The molecule has 0 saturated carbocycles. The van der Waals surface area contributed by atoms with Crippen molar-refractivity contribution in [1.82, 2.24) is 19.2 Å². The van der Waals surface area contributed by atoms with E-state index in [1.165, 1.54) is 31.8 Å². The van der Waals surface area contributed by atoms with Gasteiger partial charge in [-0.15, -0.1) is 0 Å². The summed E-state index contributed by atoms with van der Waals surface area (Å²) < 4.78 is 26.3. The number of piperidine rings is 1. The van der Waals surface area contributed by atoms with Gasteiger partial charge in [0.1, 0.15) is 0 Å². The van der Waals surface area contributed by atoms with Gasteiger partial charge in [-0.2, -0.15) is 4.31 Å². The SMILES string of the molecule is O=S(=O)(c1cnc[nH]1)N1CCC(N2CCCCC2)C1. The number of hydrogen-bond donors (Lipinski definition) is 1. The second-order valence-electron chi connectivity index (χ2n) is 5.32. The number of likely N-dealkylation sites (tertiary alicyclic amines) is 1. The van der Waals surface area contributed by atoms with E-state index in [0.29, 0.717) is 19.1 Å². The molecule has 106 valence electrons. The summed E-state index contributed by atoms with van der Waals surface area (Å²) in [5.41, 5.74) is 0. The number of nitrogens with one attached hydrogen (secondary N) is 1. The Kier molecular flexibility index (Phi) is 3.60. The first-order valence-electron chi connectivity index (χ1n) is 6.90. The van der Waals surface area contributed by atoms with E-state index in [2.05, 4.69) is 14.9 Å². The van der Waals surface area contributed by atoms with Gasteiger partial charge in [0.2, 0.25) is 0 Å². The highest BCUT2D eigenvalue weighted by Gasteiger charge is 2.35. The Labute approximate surface area is 113 Å². The van der Waals surface area contributed by atoms with E-state index >= 15 is 0 Å². The molecule has 6 nitrogen and oxygen atoms in total. The number of sulfonamides is 1. The molecule has 0 spiro atoms. The fourth-order valence-corrected chi connectivity index (χ4v) is 4.42. The van der Waals surface area contributed by atoms with Gasteiger partial charge in [0.05, 0.1) is 12.5 Å². The van der Waals surface area contributed by atoms with Crippen molar-refractivity contribution in [2.24, 2.45) is 0 Å². The molecule has 1 aromatic heterocycles. The van der Waals surface area contributed by atoms with Crippen molar-refractivity contribution >= 4 is 10.0 Å². The third-order valence-electron chi connectivity index (χ3n) is 4.12. The molecule has 0 aromatic carbocycles. The lowest BCUT2D eigenvalue weighted by atomic mass is 10.1. The molecule has 0 radical (unpaired) electrons. The molecule has 2 saturated heterocycles. The summed E-state index contributed by atoms with van der Waals surface area (Å²) >= 11 is 0. The molecular formula is C12H20N4O2S. The second kappa shape index (κ2) is 5.22. The highest BCUT2D eigenvalue weighted by atomic mass is 32.2. The lowest BCUT2D eigenvalue weighted by molar-refractivity contribution is 0.169. The van der Waals surface area contributed by atoms with E-state index in [-0.39, 0.29) is 5.03 Å². The highest BCUT2D eigenvalue weighted by Crippen LogP contribution is 2.24. The van der Waals surface area contributed by atoms with Crippen LogP contribution in [0.2, 0.25) is 0 Å². The lowest BCUT2D eigenvalue weighted by Gasteiger charge is -2.32. The highest BCUT2D eigenvalue weighted by molar-refractivity contribution is 7.89. The molecule has 1 N–H and O–H groups in total. The normalized spacial score (nSPS) is 26.8. The van der Waals surface area contributed by atoms with E-state index in [1.807, 2.05) is 0 Å². The number of H-pyrrole nitrogens is 1. The fourth-order valence-electron chi connectivity index (χ4n) is 3.03. The van der Waals surface area contributed by atoms with Crippen molar-refractivity contribution in [3.8, 4) is 0 Å². The Morgan fingerprint density at radius 3 is 2.68 bits per heavy atom. The monoisotopic (exact) mass is 284 g/mol. The van der Waals surface area contributed by atoms with Gasteiger partial charge < -0.3 is 4.98 Å². The number of nitrogens with zero attached hydrogens (tertiary/aromatic N) is 3. The third kappa shape index (κ3) is 2.54. The molecule has 1 aromatic rings. The summed E-state index contributed by atoms with van der Waals surface area (Å²) in [6.07, 6.45) is 7.51. The summed E-state index contributed by atoms with van der Waals surface area (Å²) in [7, 11) is -3.38. The van der Waals surface area contributed by atoms with Gasteiger partial charge in [-0.05, 0) is 32.4 Å². The molecule has 2 fully saturated rings. The zero-order valence-corrected chi connectivity index (χ0v) is 11.8.